The van der Waals surface area contributed by atoms with E-state index in [1.54, 1.807) is 25.1 Å². The summed E-state index contributed by atoms with van der Waals surface area (Å²) in [6.07, 6.45) is 5.91. The van der Waals surface area contributed by atoms with Gasteiger partial charge in [0.15, 0.2) is 11.6 Å². The molecule has 1 saturated carbocycles. The van der Waals surface area contributed by atoms with Crippen LogP contribution in [0.3, 0.4) is 0 Å². The van der Waals surface area contributed by atoms with E-state index in [1.807, 2.05) is 0 Å². The largest absolute Gasteiger partial charge is 0.494 e. The summed E-state index contributed by atoms with van der Waals surface area (Å²) in [6, 6.07) is 6.09. The Hall–Kier alpha value is -3.07. The molecule has 1 amide bonds. The SMILES string of the molecule is COc1cc(CNC(=O)c2cc(C3=NOC(C4CCC(CCO)CC4)C3)nc(C)n2)ccc1F. The number of aliphatic hydroxyl groups excluding tert-OH is 1. The second-order valence-electron chi connectivity index (χ2n) is 9.02. The molecular formula is C25H31FN4O4. The van der Waals surface area contributed by atoms with Gasteiger partial charge in [-0.2, -0.15) is 0 Å². The van der Waals surface area contributed by atoms with Gasteiger partial charge in [0, 0.05) is 19.6 Å². The highest BCUT2D eigenvalue weighted by Gasteiger charge is 2.34. The Morgan fingerprint density at radius 1 is 1.24 bits per heavy atom. The lowest BCUT2D eigenvalue weighted by molar-refractivity contribution is 0.0191. The van der Waals surface area contributed by atoms with Crippen LogP contribution in [0, 0.1) is 24.6 Å². The van der Waals surface area contributed by atoms with Crippen LogP contribution in [0.5, 0.6) is 5.75 Å². The fourth-order valence-electron chi connectivity index (χ4n) is 4.75. The first-order valence-corrected chi connectivity index (χ1v) is 11.8. The molecule has 2 aromatic rings. The summed E-state index contributed by atoms with van der Waals surface area (Å²) < 4.78 is 18.6. The van der Waals surface area contributed by atoms with Crippen molar-refractivity contribution in [3.8, 4) is 5.75 Å². The predicted molar refractivity (Wildman–Crippen MR) is 124 cm³/mol. The number of rotatable bonds is 8. The van der Waals surface area contributed by atoms with Crippen molar-refractivity contribution in [3.63, 3.8) is 0 Å². The third-order valence-corrected chi connectivity index (χ3v) is 6.68. The molecule has 0 saturated heterocycles. The molecule has 4 rings (SSSR count). The average Bonchev–Trinajstić information content (AvgIpc) is 3.34. The van der Waals surface area contributed by atoms with Crippen LogP contribution in [0.1, 0.15) is 66.1 Å². The van der Waals surface area contributed by atoms with Crippen LogP contribution in [0.15, 0.2) is 29.4 Å². The molecule has 1 aliphatic heterocycles. The summed E-state index contributed by atoms with van der Waals surface area (Å²) in [5, 5.41) is 16.3. The second kappa shape index (κ2) is 10.9. The minimum absolute atomic E-state index is 0.0195. The average molecular weight is 471 g/mol. The van der Waals surface area contributed by atoms with Crippen LogP contribution >= 0.6 is 0 Å². The van der Waals surface area contributed by atoms with E-state index in [0.29, 0.717) is 35.3 Å². The maximum absolute atomic E-state index is 13.6. The molecule has 182 valence electrons. The first kappa shape index (κ1) is 24.1. The molecular weight excluding hydrogens is 439 g/mol. The molecule has 1 aliphatic carbocycles. The van der Waals surface area contributed by atoms with Crippen LogP contribution in [-0.2, 0) is 11.4 Å². The van der Waals surface area contributed by atoms with E-state index in [4.69, 9.17) is 14.7 Å². The Morgan fingerprint density at radius 2 is 2.03 bits per heavy atom. The minimum Gasteiger partial charge on any atom is -0.494 e. The van der Waals surface area contributed by atoms with E-state index in [2.05, 4.69) is 20.4 Å². The van der Waals surface area contributed by atoms with Gasteiger partial charge in [0.25, 0.3) is 5.91 Å². The topological polar surface area (TPSA) is 106 Å². The number of carbonyl (C=O) groups excluding carboxylic acids is 1. The first-order valence-electron chi connectivity index (χ1n) is 11.8. The van der Waals surface area contributed by atoms with Gasteiger partial charge in [-0.15, -0.1) is 0 Å². The number of methoxy groups -OCH3 is 1. The summed E-state index contributed by atoms with van der Waals surface area (Å²) in [4.78, 5) is 27.3. The minimum atomic E-state index is -0.454. The van der Waals surface area contributed by atoms with Crippen molar-refractivity contribution >= 4 is 11.6 Å². The van der Waals surface area contributed by atoms with E-state index < -0.39 is 5.82 Å². The number of nitrogens with one attached hydrogen (secondary N) is 1. The Morgan fingerprint density at radius 3 is 2.76 bits per heavy atom. The molecule has 1 aromatic carbocycles. The van der Waals surface area contributed by atoms with Crippen LogP contribution in [0.25, 0.3) is 0 Å². The smallest absolute Gasteiger partial charge is 0.270 e. The van der Waals surface area contributed by atoms with E-state index in [0.717, 1.165) is 37.8 Å². The van der Waals surface area contributed by atoms with Gasteiger partial charge in [0.2, 0.25) is 0 Å². The molecule has 2 aliphatic rings. The number of hydrogen-bond acceptors (Lipinski definition) is 7. The van der Waals surface area contributed by atoms with Gasteiger partial charge in [0.05, 0.1) is 12.8 Å². The van der Waals surface area contributed by atoms with Gasteiger partial charge >= 0.3 is 0 Å². The van der Waals surface area contributed by atoms with Crippen LogP contribution in [0.4, 0.5) is 4.39 Å². The molecule has 1 atom stereocenters. The Bertz CT molecular complexity index is 1050. The molecule has 2 heterocycles. The molecule has 0 bridgehead atoms. The number of hydrogen-bond donors (Lipinski definition) is 2. The third-order valence-electron chi connectivity index (χ3n) is 6.68. The van der Waals surface area contributed by atoms with Crippen molar-refractivity contribution in [1.29, 1.82) is 0 Å². The molecule has 2 N–H and O–H groups in total. The van der Waals surface area contributed by atoms with E-state index >= 15 is 0 Å². The summed E-state index contributed by atoms with van der Waals surface area (Å²) in [6.45, 7) is 2.20. The molecule has 9 heteroatoms. The number of oxime groups is 1. The van der Waals surface area contributed by atoms with Gasteiger partial charge < -0.3 is 20.0 Å². The first-order chi connectivity index (χ1) is 16.5. The van der Waals surface area contributed by atoms with Crippen molar-refractivity contribution in [1.82, 2.24) is 15.3 Å². The number of halogens is 1. The van der Waals surface area contributed by atoms with Crippen LogP contribution in [-0.4, -0.2) is 46.5 Å². The number of aromatic nitrogens is 2. The number of aryl methyl sites for hydroxylation is 1. The highest BCUT2D eigenvalue weighted by molar-refractivity contribution is 6.01. The standard InChI is InChI=1S/C25H31FN4O4/c1-15-28-20(21-13-23(34-30-21)18-6-3-16(4-7-18)9-10-31)12-22(29-15)25(32)27-14-17-5-8-19(26)24(11-17)33-2/h5,8,11-12,16,18,23,31H,3-4,6-7,9-10,13-14H2,1-2H3,(H,27,32). The predicted octanol–water partition coefficient (Wildman–Crippen LogP) is 3.54. The molecule has 8 nitrogen and oxygen atoms in total. The molecule has 0 radical (unpaired) electrons. The van der Waals surface area contributed by atoms with Gasteiger partial charge in [-0.25, -0.2) is 14.4 Å². The van der Waals surface area contributed by atoms with Crippen LogP contribution in [0.2, 0.25) is 0 Å². The fraction of sp³-hybridized carbons (Fsp3) is 0.520. The zero-order valence-electron chi connectivity index (χ0n) is 19.6. The van der Waals surface area contributed by atoms with E-state index in [1.165, 1.54) is 13.2 Å². The summed E-state index contributed by atoms with van der Waals surface area (Å²) in [7, 11) is 1.40. The Balaban J connectivity index is 1.37. The molecule has 1 aromatic heterocycles. The number of aliphatic hydroxyl groups is 1. The van der Waals surface area contributed by atoms with Crippen molar-refractivity contribution in [3.05, 3.63) is 52.9 Å². The molecule has 1 fully saturated rings. The second-order valence-corrected chi connectivity index (χ2v) is 9.02. The Kier molecular flexibility index (Phi) is 7.72. The maximum atomic E-state index is 13.6. The van der Waals surface area contributed by atoms with Crippen molar-refractivity contribution in [2.45, 2.75) is 58.1 Å². The van der Waals surface area contributed by atoms with Gasteiger partial charge in [0.1, 0.15) is 23.3 Å². The number of benzene rings is 1. The summed E-state index contributed by atoms with van der Waals surface area (Å²) >= 11 is 0. The monoisotopic (exact) mass is 470 g/mol. The molecule has 34 heavy (non-hydrogen) atoms. The van der Waals surface area contributed by atoms with Gasteiger partial charge in [-0.05, 0) is 74.6 Å². The zero-order chi connectivity index (χ0) is 24.1. The zero-order valence-corrected chi connectivity index (χ0v) is 19.6. The summed E-state index contributed by atoms with van der Waals surface area (Å²) in [5.74, 6) is 0.835. The lowest BCUT2D eigenvalue weighted by Crippen LogP contribution is -2.27. The van der Waals surface area contributed by atoms with E-state index in [-0.39, 0.29) is 36.6 Å². The van der Waals surface area contributed by atoms with Gasteiger partial charge in [-0.1, -0.05) is 11.2 Å². The number of amides is 1. The Labute approximate surface area is 198 Å². The normalized spacial score (nSPS) is 22.1. The van der Waals surface area contributed by atoms with Crippen molar-refractivity contribution < 1.29 is 23.9 Å². The lowest BCUT2D eigenvalue weighted by Gasteiger charge is -2.30. The fourth-order valence-corrected chi connectivity index (χ4v) is 4.75. The summed E-state index contributed by atoms with van der Waals surface area (Å²) in [5.41, 5.74) is 2.28. The molecule has 1 unspecified atom stereocenters. The number of carbonyl (C=O) groups is 1. The third kappa shape index (κ3) is 5.70. The lowest BCUT2D eigenvalue weighted by atomic mass is 9.77. The number of nitrogens with zero attached hydrogens (tertiary/aromatic N) is 3. The van der Waals surface area contributed by atoms with E-state index in [9.17, 15) is 9.18 Å². The van der Waals surface area contributed by atoms with Gasteiger partial charge in [-0.3, -0.25) is 4.79 Å². The van der Waals surface area contributed by atoms with Crippen LogP contribution < -0.4 is 10.1 Å². The highest BCUT2D eigenvalue weighted by atomic mass is 19.1. The maximum Gasteiger partial charge on any atom is 0.270 e. The van der Waals surface area contributed by atoms with Crippen molar-refractivity contribution in [2.75, 3.05) is 13.7 Å². The van der Waals surface area contributed by atoms with Crippen molar-refractivity contribution in [2.24, 2.45) is 17.0 Å². The number of ether oxygens (including phenoxy) is 1. The quantitative estimate of drug-likeness (QED) is 0.611. The molecule has 0 spiro atoms. The highest BCUT2D eigenvalue weighted by Crippen LogP contribution is 2.36.